The molecular formula is C11H14N4O2S. The van der Waals surface area contributed by atoms with Gasteiger partial charge < -0.3 is 11.1 Å². The number of hydrogen-bond acceptors (Lipinski definition) is 4. The first kappa shape index (κ1) is 12.6. The molecule has 2 rings (SSSR count). The van der Waals surface area contributed by atoms with Gasteiger partial charge in [-0.2, -0.15) is 0 Å². The van der Waals surface area contributed by atoms with Gasteiger partial charge in [-0.3, -0.25) is 0 Å². The van der Waals surface area contributed by atoms with E-state index in [0.29, 0.717) is 5.69 Å². The number of anilines is 1. The number of carbonyl (C=O) groups excluding carboxylic acids is 2. The fourth-order valence-electron chi connectivity index (χ4n) is 1.71. The second-order valence-corrected chi connectivity index (χ2v) is 4.51. The van der Waals surface area contributed by atoms with Crippen LogP contribution in [0, 0.1) is 0 Å². The molecule has 1 aliphatic rings. The molecule has 1 unspecified atom stereocenters. The maximum atomic E-state index is 11.9. The Morgan fingerprint density at radius 3 is 2.83 bits per heavy atom. The van der Waals surface area contributed by atoms with Crippen LogP contribution in [-0.2, 0) is 6.54 Å². The van der Waals surface area contributed by atoms with Gasteiger partial charge in [-0.1, -0.05) is 24.9 Å². The molecule has 1 saturated heterocycles. The zero-order valence-electron chi connectivity index (χ0n) is 9.83. The van der Waals surface area contributed by atoms with Crippen molar-refractivity contribution in [3.05, 3.63) is 29.8 Å². The largest absolute Gasteiger partial charge is 0.399 e. The Hall–Kier alpha value is -1.89. The summed E-state index contributed by atoms with van der Waals surface area (Å²) in [5, 5.41) is 2.63. The van der Waals surface area contributed by atoms with Crippen molar-refractivity contribution in [3.8, 4) is 0 Å². The lowest BCUT2D eigenvalue weighted by Gasteiger charge is -2.36. The summed E-state index contributed by atoms with van der Waals surface area (Å²) in [6.07, 6.45) is -0.426. The highest BCUT2D eigenvalue weighted by molar-refractivity contribution is 7.78. The Labute approximate surface area is 110 Å². The smallest absolute Gasteiger partial charge is 0.340 e. The van der Waals surface area contributed by atoms with E-state index in [-0.39, 0.29) is 6.54 Å². The summed E-state index contributed by atoms with van der Waals surface area (Å²) in [5.41, 5.74) is 7.03. The van der Waals surface area contributed by atoms with Gasteiger partial charge in [0.15, 0.2) is 0 Å². The fourth-order valence-corrected chi connectivity index (χ4v) is 1.87. The van der Waals surface area contributed by atoms with Gasteiger partial charge in [0.2, 0.25) is 0 Å². The quantitative estimate of drug-likeness (QED) is 0.559. The number of nitrogens with zero attached hydrogens (tertiary/aromatic N) is 2. The lowest BCUT2D eigenvalue weighted by Crippen LogP contribution is -2.60. The molecule has 0 saturated carbocycles. The Morgan fingerprint density at radius 2 is 2.17 bits per heavy atom. The minimum absolute atomic E-state index is 0.166. The molecule has 3 N–H and O–H groups in total. The van der Waals surface area contributed by atoms with Gasteiger partial charge in [-0.25, -0.2) is 18.8 Å². The number of imide groups is 1. The van der Waals surface area contributed by atoms with Crippen LogP contribution in [-0.4, -0.2) is 27.4 Å². The highest BCUT2D eigenvalue weighted by atomic mass is 32.1. The average molecular weight is 266 g/mol. The molecule has 6 nitrogen and oxygen atoms in total. The second kappa shape index (κ2) is 4.77. The molecule has 96 valence electrons. The Morgan fingerprint density at radius 1 is 1.44 bits per heavy atom. The number of amides is 4. The van der Waals surface area contributed by atoms with Crippen LogP contribution in [0.2, 0.25) is 0 Å². The molecule has 4 amide bonds. The summed E-state index contributed by atoms with van der Waals surface area (Å²) in [6, 6.07) is 6.17. The summed E-state index contributed by atoms with van der Waals surface area (Å²) in [4.78, 5) is 24.8. The van der Waals surface area contributed by atoms with Crippen LogP contribution in [0.15, 0.2) is 24.3 Å². The first-order chi connectivity index (χ1) is 8.49. The number of carbonyl (C=O) groups is 2. The standard InChI is InChI=1S/C11H14N4O2S/c1-7-13-10(16)14(11(17)15(7)18)6-8-3-2-4-9(12)5-8/h2-5,7,18H,6,12H2,1H3,(H,13,16). The van der Waals surface area contributed by atoms with Crippen LogP contribution in [0.3, 0.4) is 0 Å². The summed E-state index contributed by atoms with van der Waals surface area (Å²) in [6.45, 7) is 1.85. The lowest BCUT2D eigenvalue weighted by molar-refractivity contribution is 0.142. The summed E-state index contributed by atoms with van der Waals surface area (Å²) in [7, 11) is 0. The van der Waals surface area contributed by atoms with Gasteiger partial charge in [0.05, 0.1) is 6.54 Å². The van der Waals surface area contributed by atoms with Gasteiger partial charge in [-0.05, 0) is 24.6 Å². The van der Waals surface area contributed by atoms with Crippen LogP contribution in [0.1, 0.15) is 12.5 Å². The Balaban J connectivity index is 2.18. The van der Waals surface area contributed by atoms with Crippen LogP contribution in [0.5, 0.6) is 0 Å². The fraction of sp³-hybridized carbons (Fsp3) is 0.273. The third-order valence-corrected chi connectivity index (χ3v) is 3.18. The number of thiol groups is 1. The van der Waals surface area contributed by atoms with Crippen molar-refractivity contribution >= 4 is 30.6 Å². The molecule has 0 aliphatic carbocycles. The third-order valence-electron chi connectivity index (χ3n) is 2.66. The highest BCUT2D eigenvalue weighted by Gasteiger charge is 2.34. The van der Waals surface area contributed by atoms with Crippen molar-refractivity contribution < 1.29 is 9.59 Å². The number of nitrogens with two attached hydrogens (primary N) is 1. The highest BCUT2D eigenvalue weighted by Crippen LogP contribution is 2.16. The van der Waals surface area contributed by atoms with E-state index in [1.54, 1.807) is 31.2 Å². The molecule has 1 atom stereocenters. The van der Waals surface area contributed by atoms with E-state index in [4.69, 9.17) is 5.73 Å². The van der Waals surface area contributed by atoms with Crippen molar-refractivity contribution in [2.45, 2.75) is 19.6 Å². The predicted molar refractivity (Wildman–Crippen MR) is 70.6 cm³/mol. The molecule has 0 aromatic heterocycles. The van der Waals surface area contributed by atoms with Gasteiger partial charge in [0.25, 0.3) is 0 Å². The topological polar surface area (TPSA) is 78.7 Å². The van der Waals surface area contributed by atoms with Crippen LogP contribution >= 0.6 is 12.8 Å². The minimum Gasteiger partial charge on any atom is -0.399 e. The Bertz CT molecular complexity index is 494. The molecule has 0 radical (unpaired) electrons. The van der Waals surface area contributed by atoms with Crippen molar-refractivity contribution in [2.75, 3.05) is 5.73 Å². The van der Waals surface area contributed by atoms with E-state index < -0.39 is 18.2 Å². The number of hydrogen-bond donors (Lipinski definition) is 3. The molecule has 7 heteroatoms. The zero-order chi connectivity index (χ0) is 13.3. The molecule has 0 spiro atoms. The molecular weight excluding hydrogens is 252 g/mol. The first-order valence-electron chi connectivity index (χ1n) is 5.43. The van der Waals surface area contributed by atoms with Gasteiger partial charge in [0.1, 0.15) is 6.17 Å². The molecule has 1 aromatic rings. The number of benzene rings is 1. The third kappa shape index (κ3) is 2.35. The van der Waals surface area contributed by atoms with E-state index in [1.807, 2.05) is 0 Å². The first-order valence-corrected chi connectivity index (χ1v) is 5.83. The molecule has 0 bridgehead atoms. The van der Waals surface area contributed by atoms with Gasteiger partial charge in [-0.15, -0.1) is 0 Å². The molecule has 1 fully saturated rings. The van der Waals surface area contributed by atoms with Crippen LogP contribution < -0.4 is 11.1 Å². The van der Waals surface area contributed by atoms with E-state index in [0.717, 1.165) is 10.5 Å². The normalized spacial score (nSPS) is 20.0. The van der Waals surface area contributed by atoms with Crippen molar-refractivity contribution in [1.29, 1.82) is 0 Å². The SMILES string of the molecule is CC1NC(=O)N(Cc2cccc(N)c2)C(=O)N1S. The zero-order valence-corrected chi connectivity index (χ0v) is 10.7. The molecule has 1 heterocycles. The number of rotatable bonds is 2. The van der Waals surface area contributed by atoms with Gasteiger partial charge in [0, 0.05) is 5.69 Å². The van der Waals surface area contributed by atoms with E-state index >= 15 is 0 Å². The second-order valence-electron chi connectivity index (χ2n) is 4.08. The molecule has 1 aliphatic heterocycles. The van der Waals surface area contributed by atoms with E-state index in [1.165, 1.54) is 4.31 Å². The average Bonchev–Trinajstić information content (AvgIpc) is 2.32. The Kier molecular flexibility index (Phi) is 3.33. The number of nitrogen functional groups attached to an aromatic ring is 1. The summed E-state index contributed by atoms with van der Waals surface area (Å²) in [5.74, 6) is 0. The van der Waals surface area contributed by atoms with Crippen molar-refractivity contribution in [3.63, 3.8) is 0 Å². The van der Waals surface area contributed by atoms with Crippen molar-refractivity contribution in [2.24, 2.45) is 0 Å². The minimum atomic E-state index is -0.447. The van der Waals surface area contributed by atoms with E-state index in [9.17, 15) is 9.59 Å². The summed E-state index contributed by atoms with van der Waals surface area (Å²) >= 11 is 4.04. The van der Waals surface area contributed by atoms with E-state index in [2.05, 4.69) is 18.1 Å². The van der Waals surface area contributed by atoms with Crippen LogP contribution in [0.4, 0.5) is 15.3 Å². The summed E-state index contributed by atoms with van der Waals surface area (Å²) < 4.78 is 1.17. The lowest BCUT2D eigenvalue weighted by atomic mass is 10.2. The monoisotopic (exact) mass is 266 g/mol. The molecule has 1 aromatic carbocycles. The maximum Gasteiger partial charge on any atom is 0.340 e. The predicted octanol–water partition coefficient (Wildman–Crippen LogP) is 1.41. The molecule has 18 heavy (non-hydrogen) atoms. The van der Waals surface area contributed by atoms with Crippen molar-refractivity contribution in [1.82, 2.24) is 14.5 Å². The van der Waals surface area contributed by atoms with Gasteiger partial charge >= 0.3 is 12.1 Å². The van der Waals surface area contributed by atoms with Crippen LogP contribution in [0.25, 0.3) is 0 Å². The number of nitrogens with one attached hydrogen (secondary N) is 1. The number of urea groups is 2. The maximum absolute atomic E-state index is 11.9.